The molecule has 1 aromatic heterocycles. The van der Waals surface area contributed by atoms with Crippen LogP contribution >= 0.6 is 0 Å². The van der Waals surface area contributed by atoms with E-state index in [-0.39, 0.29) is 11.5 Å². The standard InChI is InChI=1S/C26H18F5NO3/c1-14(9-25(33)32-17-7-8-22(28)21(10-17)26(29,30)31)18-11-19-20(15-3-5-16(27)6-4-15)13-35-24(19)12-23(18)34-2/h3-13H,1-2H3,(H,32,33)/b14-9+. The van der Waals surface area contributed by atoms with Gasteiger partial charge in [-0.25, -0.2) is 8.78 Å². The quantitative estimate of drug-likeness (QED) is 0.235. The maximum atomic E-state index is 13.5. The smallest absolute Gasteiger partial charge is 0.419 e. The fourth-order valence-corrected chi connectivity index (χ4v) is 3.66. The molecule has 180 valence electrons. The van der Waals surface area contributed by atoms with Gasteiger partial charge < -0.3 is 14.5 Å². The molecule has 1 heterocycles. The average molecular weight is 487 g/mol. The number of rotatable bonds is 5. The first kappa shape index (κ1) is 24.0. The number of furan rings is 1. The molecule has 0 saturated heterocycles. The molecule has 3 aromatic carbocycles. The number of ether oxygens (including phenoxy) is 1. The third-order valence-corrected chi connectivity index (χ3v) is 5.36. The number of anilines is 1. The molecular weight excluding hydrogens is 469 g/mol. The second-order valence-corrected chi connectivity index (χ2v) is 7.71. The Balaban J connectivity index is 1.67. The van der Waals surface area contributed by atoms with Crippen LogP contribution in [0.25, 0.3) is 27.7 Å². The number of carbonyl (C=O) groups excluding carboxylic acids is 1. The molecule has 0 aliphatic heterocycles. The molecule has 0 aliphatic rings. The summed E-state index contributed by atoms with van der Waals surface area (Å²) in [5.74, 6) is -2.12. The van der Waals surface area contributed by atoms with Crippen molar-refractivity contribution in [3.8, 4) is 16.9 Å². The normalized spacial score (nSPS) is 12.1. The van der Waals surface area contributed by atoms with Crippen LogP contribution in [0.2, 0.25) is 0 Å². The molecule has 4 nitrogen and oxygen atoms in total. The molecule has 9 heteroatoms. The highest BCUT2D eigenvalue weighted by Gasteiger charge is 2.34. The molecule has 0 spiro atoms. The van der Waals surface area contributed by atoms with Crippen molar-refractivity contribution in [3.05, 3.63) is 89.7 Å². The zero-order valence-electron chi connectivity index (χ0n) is 18.5. The molecule has 0 bridgehead atoms. The zero-order chi connectivity index (χ0) is 25.3. The van der Waals surface area contributed by atoms with Gasteiger partial charge in [0.1, 0.15) is 23.0 Å². The van der Waals surface area contributed by atoms with E-state index in [1.54, 1.807) is 31.2 Å². The molecule has 0 fully saturated rings. The van der Waals surface area contributed by atoms with E-state index in [1.807, 2.05) is 0 Å². The molecule has 0 radical (unpaired) electrons. The number of hydrogen-bond donors (Lipinski definition) is 1. The number of alkyl halides is 3. The van der Waals surface area contributed by atoms with Gasteiger partial charge in [0.15, 0.2) is 0 Å². The Morgan fingerprint density at radius 3 is 2.40 bits per heavy atom. The summed E-state index contributed by atoms with van der Waals surface area (Å²) in [5.41, 5.74) is 1.23. The van der Waals surface area contributed by atoms with Crippen molar-refractivity contribution >= 4 is 28.1 Å². The predicted molar refractivity (Wildman–Crippen MR) is 122 cm³/mol. The van der Waals surface area contributed by atoms with Gasteiger partial charge in [0, 0.05) is 34.3 Å². The summed E-state index contributed by atoms with van der Waals surface area (Å²) in [4.78, 5) is 12.5. The lowest BCUT2D eigenvalue weighted by Crippen LogP contribution is -2.12. The van der Waals surface area contributed by atoms with Crippen molar-refractivity contribution in [2.75, 3.05) is 12.4 Å². The van der Waals surface area contributed by atoms with Gasteiger partial charge in [-0.3, -0.25) is 4.79 Å². The molecule has 1 amide bonds. The first-order valence-electron chi connectivity index (χ1n) is 10.3. The highest BCUT2D eigenvalue weighted by molar-refractivity contribution is 6.05. The Labute approximate surface area is 196 Å². The number of allylic oxidation sites excluding steroid dienone is 1. The van der Waals surface area contributed by atoms with Gasteiger partial charge in [0.25, 0.3) is 0 Å². The van der Waals surface area contributed by atoms with Crippen molar-refractivity contribution in [1.29, 1.82) is 0 Å². The topological polar surface area (TPSA) is 51.5 Å². The number of hydrogen-bond acceptors (Lipinski definition) is 3. The lowest BCUT2D eigenvalue weighted by atomic mass is 9.99. The number of carbonyl (C=O) groups is 1. The van der Waals surface area contributed by atoms with E-state index in [1.165, 1.54) is 31.6 Å². The number of methoxy groups -OCH3 is 1. The molecule has 4 aromatic rings. The van der Waals surface area contributed by atoms with Crippen LogP contribution < -0.4 is 10.1 Å². The van der Waals surface area contributed by atoms with Crippen molar-refractivity contribution in [1.82, 2.24) is 0 Å². The molecule has 0 atom stereocenters. The van der Waals surface area contributed by atoms with E-state index in [2.05, 4.69) is 5.32 Å². The van der Waals surface area contributed by atoms with Gasteiger partial charge in [-0.15, -0.1) is 0 Å². The summed E-state index contributed by atoms with van der Waals surface area (Å²) >= 11 is 0. The Bertz CT molecular complexity index is 1440. The number of fused-ring (bicyclic) bond motifs is 1. The average Bonchev–Trinajstić information content (AvgIpc) is 3.22. The number of amides is 1. The van der Waals surface area contributed by atoms with E-state index >= 15 is 0 Å². The maximum Gasteiger partial charge on any atom is 0.419 e. The van der Waals surface area contributed by atoms with Crippen LogP contribution in [-0.2, 0) is 11.0 Å². The van der Waals surface area contributed by atoms with Gasteiger partial charge in [0.05, 0.1) is 18.9 Å². The second kappa shape index (κ2) is 9.25. The third kappa shape index (κ3) is 5.03. The van der Waals surface area contributed by atoms with Gasteiger partial charge >= 0.3 is 6.18 Å². The van der Waals surface area contributed by atoms with Crippen molar-refractivity contribution in [3.63, 3.8) is 0 Å². The van der Waals surface area contributed by atoms with E-state index < -0.39 is 23.5 Å². The molecule has 35 heavy (non-hydrogen) atoms. The number of nitrogens with one attached hydrogen (secondary N) is 1. The Kier molecular flexibility index (Phi) is 6.34. The third-order valence-electron chi connectivity index (χ3n) is 5.36. The molecule has 1 N–H and O–H groups in total. The van der Waals surface area contributed by atoms with Crippen LogP contribution in [0.5, 0.6) is 5.75 Å². The van der Waals surface area contributed by atoms with Crippen LogP contribution in [0.3, 0.4) is 0 Å². The molecule has 0 aliphatic carbocycles. The highest BCUT2D eigenvalue weighted by Crippen LogP contribution is 2.37. The predicted octanol–water partition coefficient (Wildman–Crippen LogP) is 7.45. The highest BCUT2D eigenvalue weighted by atomic mass is 19.4. The first-order valence-corrected chi connectivity index (χ1v) is 10.3. The minimum absolute atomic E-state index is 0.205. The summed E-state index contributed by atoms with van der Waals surface area (Å²) in [6.07, 6.45) is -2.18. The van der Waals surface area contributed by atoms with Crippen LogP contribution in [0.1, 0.15) is 18.1 Å². The van der Waals surface area contributed by atoms with E-state index in [0.717, 1.165) is 11.6 Å². The molecule has 0 unspecified atom stereocenters. The fraction of sp³-hybridized carbons (Fsp3) is 0.115. The van der Waals surface area contributed by atoms with Crippen molar-refractivity contribution < 1.29 is 35.9 Å². The van der Waals surface area contributed by atoms with Crippen molar-refractivity contribution in [2.45, 2.75) is 13.1 Å². The van der Waals surface area contributed by atoms with Crippen LogP contribution in [0.15, 0.2) is 71.4 Å². The fourth-order valence-electron chi connectivity index (χ4n) is 3.66. The Morgan fingerprint density at radius 1 is 1.03 bits per heavy atom. The summed E-state index contributed by atoms with van der Waals surface area (Å²) in [5, 5.41) is 3.01. The monoisotopic (exact) mass is 487 g/mol. The number of halogens is 5. The lowest BCUT2D eigenvalue weighted by Gasteiger charge is -2.12. The molecule has 0 saturated carbocycles. The second-order valence-electron chi connectivity index (χ2n) is 7.71. The summed E-state index contributed by atoms with van der Waals surface area (Å²) in [7, 11) is 1.44. The van der Waals surface area contributed by atoms with E-state index in [4.69, 9.17) is 9.15 Å². The van der Waals surface area contributed by atoms with Gasteiger partial charge in [-0.2, -0.15) is 13.2 Å². The SMILES string of the molecule is COc1cc2occ(-c3ccc(F)cc3)c2cc1/C(C)=C/C(=O)Nc1ccc(F)c(C(F)(F)F)c1. The van der Waals surface area contributed by atoms with Crippen molar-refractivity contribution in [2.24, 2.45) is 0 Å². The minimum Gasteiger partial charge on any atom is -0.496 e. The van der Waals surface area contributed by atoms with Crippen LogP contribution in [-0.4, -0.2) is 13.0 Å². The lowest BCUT2D eigenvalue weighted by molar-refractivity contribution is -0.140. The Morgan fingerprint density at radius 2 is 1.74 bits per heavy atom. The van der Waals surface area contributed by atoms with Gasteiger partial charge in [-0.05, 0) is 54.5 Å². The summed E-state index contributed by atoms with van der Waals surface area (Å²) in [6.45, 7) is 1.63. The first-order chi connectivity index (χ1) is 16.6. The van der Waals surface area contributed by atoms with Gasteiger partial charge in [0.2, 0.25) is 5.91 Å². The molecule has 4 rings (SSSR count). The molecular formula is C26H18F5NO3. The number of benzene rings is 3. The summed E-state index contributed by atoms with van der Waals surface area (Å²) in [6, 6.07) is 11.5. The van der Waals surface area contributed by atoms with Crippen LogP contribution in [0.4, 0.5) is 27.6 Å². The van der Waals surface area contributed by atoms with Gasteiger partial charge in [-0.1, -0.05) is 12.1 Å². The maximum absolute atomic E-state index is 13.5. The Hall–Kier alpha value is -4.14. The minimum atomic E-state index is -4.90. The van der Waals surface area contributed by atoms with Crippen LogP contribution in [0, 0.1) is 11.6 Å². The van der Waals surface area contributed by atoms with E-state index in [9.17, 15) is 26.7 Å². The zero-order valence-corrected chi connectivity index (χ0v) is 18.5. The van der Waals surface area contributed by atoms with E-state index in [0.29, 0.717) is 45.6 Å². The summed E-state index contributed by atoms with van der Waals surface area (Å²) < 4.78 is 76.7. The largest absolute Gasteiger partial charge is 0.496 e.